The molecular weight excluding hydrogens is 657 g/mol. The minimum Gasteiger partial charge on any atom is -0.374 e. The van der Waals surface area contributed by atoms with Crippen LogP contribution >= 0.6 is 0 Å². The Morgan fingerprint density at radius 1 is 0.551 bits per heavy atom. The van der Waals surface area contributed by atoms with Crippen LogP contribution in [0.15, 0.2) is 150 Å². The van der Waals surface area contributed by atoms with Gasteiger partial charge in [0.05, 0.1) is 37.9 Å². The largest absolute Gasteiger partial charge is 0.374 e. The number of hydrogen-bond donors (Lipinski definition) is 1. The van der Waals surface area contributed by atoms with Gasteiger partial charge < -0.3 is 28.2 Å². The quantitative estimate of drug-likeness (QED) is 0.119. The molecule has 0 aliphatic carbocycles. The van der Waals surface area contributed by atoms with Gasteiger partial charge >= 0.3 is 0 Å². The summed E-state index contributed by atoms with van der Waals surface area (Å²) in [5, 5.41) is 0. The van der Waals surface area contributed by atoms with Crippen molar-refractivity contribution in [1.82, 2.24) is 0 Å². The van der Waals surface area contributed by atoms with Gasteiger partial charge in [0.2, 0.25) is 0 Å². The van der Waals surface area contributed by atoms with E-state index in [1.54, 1.807) is 24.3 Å². The van der Waals surface area contributed by atoms with Gasteiger partial charge in [-0.25, -0.2) is 4.21 Å². The van der Waals surface area contributed by atoms with Crippen molar-refractivity contribution >= 4 is 20.0 Å². The lowest BCUT2D eigenvalue weighted by atomic mass is 9.90. The molecule has 1 aliphatic heterocycles. The lowest BCUT2D eigenvalue weighted by molar-refractivity contribution is -0.275. The highest BCUT2D eigenvalue weighted by atomic mass is 32.8. The van der Waals surface area contributed by atoms with Crippen molar-refractivity contribution in [3.05, 3.63) is 173 Å². The summed E-state index contributed by atoms with van der Waals surface area (Å²) < 4.78 is 57.1. The van der Waals surface area contributed by atoms with Crippen LogP contribution in [0.1, 0.15) is 33.9 Å². The molecule has 5 aromatic rings. The molecule has 6 atom stereocenters. The van der Waals surface area contributed by atoms with Crippen LogP contribution in [0.4, 0.5) is 0 Å². The predicted octanol–water partition coefficient (Wildman–Crippen LogP) is 7.68. The van der Waals surface area contributed by atoms with Crippen molar-refractivity contribution in [3.63, 3.8) is 0 Å². The third-order valence-corrected chi connectivity index (χ3v) is 9.85. The fourth-order valence-corrected chi connectivity index (χ4v) is 7.18. The number of rotatable bonds is 15. The first-order valence-corrected chi connectivity index (χ1v) is 18.7. The van der Waals surface area contributed by atoms with E-state index in [-0.39, 0.29) is 24.7 Å². The number of ether oxygens (including phenoxy) is 5. The zero-order chi connectivity index (χ0) is 33.9. The van der Waals surface area contributed by atoms with Gasteiger partial charge in [-0.2, -0.15) is 0 Å². The van der Waals surface area contributed by atoms with Crippen LogP contribution in [0.5, 0.6) is 0 Å². The van der Waals surface area contributed by atoms with Crippen molar-refractivity contribution in [2.24, 2.45) is 0 Å². The number of benzene rings is 5. The van der Waals surface area contributed by atoms with E-state index in [0.29, 0.717) is 18.8 Å². The van der Waals surface area contributed by atoms with Gasteiger partial charge in [0.15, 0.2) is 8.77 Å². The topological polar surface area (TPSA) is 83.5 Å². The Morgan fingerprint density at radius 3 is 1.45 bits per heavy atom. The van der Waals surface area contributed by atoms with Crippen molar-refractivity contribution in [2.75, 3.05) is 6.61 Å². The molecule has 49 heavy (non-hydrogen) atoms. The van der Waals surface area contributed by atoms with Crippen molar-refractivity contribution in [2.45, 2.75) is 61.8 Å². The molecule has 0 bridgehead atoms. The van der Waals surface area contributed by atoms with Crippen LogP contribution in [0.25, 0.3) is 0 Å². The zero-order valence-electron chi connectivity index (χ0n) is 27.0. The Hall–Kier alpha value is -3.77. The SMILES string of the molecule is O=S(O)(=S)c1ccccc1[C@@H]1O[C@H](COCc2ccccc2)[C@@H](OCc2ccccc2)[C@H](OCc2ccccc2)[C@H]1OCc1ccccc1. The fraction of sp³-hybridized carbons (Fsp3) is 0.250. The standard InChI is InChI=1S/C40H40O7S2/c41-49(42,48)36-24-14-13-23-34(36)37-39(45-27-32-19-9-3-10-20-32)40(46-28-33-21-11-4-12-22-33)38(44-26-31-17-7-2-8-18-31)35(47-37)29-43-25-30-15-5-1-6-16-30/h1-24,35,37-40H,25-29H2,(H,41,42,48)/t35-,37+,38-,39+,40+/m1/s1. The molecule has 6 rings (SSSR count). The smallest absolute Gasteiger partial charge is 0.171 e. The Kier molecular flexibility index (Phi) is 12.3. The third kappa shape index (κ3) is 9.69. The minimum absolute atomic E-state index is 0.109. The van der Waals surface area contributed by atoms with Crippen LogP contribution in [-0.2, 0) is 70.1 Å². The second-order valence-corrected chi connectivity index (χ2v) is 14.6. The molecule has 1 saturated heterocycles. The summed E-state index contributed by atoms with van der Waals surface area (Å²) in [5.41, 5.74) is 4.42. The Labute approximate surface area is 293 Å². The molecule has 0 saturated carbocycles. The molecule has 0 amide bonds. The molecule has 1 N–H and O–H groups in total. The van der Waals surface area contributed by atoms with E-state index in [2.05, 4.69) is 0 Å². The molecule has 5 aromatic carbocycles. The lowest BCUT2D eigenvalue weighted by Gasteiger charge is -2.46. The second kappa shape index (κ2) is 17.2. The molecule has 1 aliphatic rings. The second-order valence-electron chi connectivity index (χ2n) is 11.9. The summed E-state index contributed by atoms with van der Waals surface area (Å²) in [6, 6.07) is 46.4. The maximum atomic E-state index is 13.1. The van der Waals surface area contributed by atoms with E-state index in [9.17, 15) is 8.76 Å². The first kappa shape index (κ1) is 35.1. The molecular formula is C40H40O7S2. The van der Waals surface area contributed by atoms with E-state index in [4.69, 9.17) is 34.9 Å². The number of hydrogen-bond acceptors (Lipinski definition) is 7. The van der Waals surface area contributed by atoms with Gasteiger partial charge in [-0.3, -0.25) is 0 Å². The first-order chi connectivity index (χ1) is 24.0. The summed E-state index contributed by atoms with van der Waals surface area (Å²) >= 11 is 5.11. The molecule has 0 aromatic heterocycles. The summed E-state index contributed by atoms with van der Waals surface area (Å²) in [4.78, 5) is 0.109. The first-order valence-electron chi connectivity index (χ1n) is 16.3. The third-order valence-electron chi connectivity index (χ3n) is 8.39. The summed E-state index contributed by atoms with van der Waals surface area (Å²) in [6.45, 7) is 1.38. The Morgan fingerprint density at radius 2 is 0.959 bits per heavy atom. The fourth-order valence-electron chi connectivity index (χ4n) is 5.99. The normalized spacial score (nSPS) is 21.9. The summed E-state index contributed by atoms with van der Waals surface area (Å²) in [5.74, 6) is 0. The van der Waals surface area contributed by atoms with E-state index in [1.165, 1.54) is 0 Å². The highest BCUT2D eigenvalue weighted by Gasteiger charge is 2.49. The van der Waals surface area contributed by atoms with E-state index in [0.717, 1.165) is 22.3 Å². The van der Waals surface area contributed by atoms with Gasteiger partial charge in [-0.15, -0.1) is 0 Å². The Bertz CT molecular complexity index is 1820. The van der Waals surface area contributed by atoms with Crippen LogP contribution < -0.4 is 0 Å². The molecule has 0 radical (unpaired) electrons. The van der Waals surface area contributed by atoms with Gasteiger partial charge in [0.25, 0.3) is 0 Å². The highest BCUT2D eigenvalue weighted by molar-refractivity contribution is 8.29. The molecule has 1 unspecified atom stereocenters. The molecule has 1 heterocycles. The van der Waals surface area contributed by atoms with Gasteiger partial charge in [-0.1, -0.05) is 140 Å². The van der Waals surface area contributed by atoms with Gasteiger partial charge in [0, 0.05) is 16.8 Å². The van der Waals surface area contributed by atoms with Crippen LogP contribution in [0, 0.1) is 0 Å². The summed E-state index contributed by atoms with van der Waals surface area (Å²) in [6.07, 6.45) is -3.54. The summed E-state index contributed by atoms with van der Waals surface area (Å²) in [7, 11) is -3.78. The monoisotopic (exact) mass is 696 g/mol. The lowest BCUT2D eigenvalue weighted by Crippen LogP contribution is -2.58. The van der Waals surface area contributed by atoms with Crippen molar-refractivity contribution in [1.29, 1.82) is 0 Å². The molecule has 7 nitrogen and oxygen atoms in total. The average molecular weight is 697 g/mol. The van der Waals surface area contributed by atoms with Crippen LogP contribution in [0.3, 0.4) is 0 Å². The average Bonchev–Trinajstić information content (AvgIpc) is 3.14. The van der Waals surface area contributed by atoms with Crippen molar-refractivity contribution in [3.8, 4) is 0 Å². The molecule has 1 fully saturated rings. The maximum Gasteiger partial charge on any atom is 0.171 e. The zero-order valence-corrected chi connectivity index (χ0v) is 28.6. The molecule has 9 heteroatoms. The maximum absolute atomic E-state index is 13.1. The molecule has 254 valence electrons. The van der Waals surface area contributed by atoms with Crippen LogP contribution in [0.2, 0.25) is 0 Å². The minimum atomic E-state index is -3.78. The van der Waals surface area contributed by atoms with Gasteiger partial charge in [0.1, 0.15) is 30.5 Å². The van der Waals surface area contributed by atoms with E-state index < -0.39 is 39.3 Å². The highest BCUT2D eigenvalue weighted by Crippen LogP contribution is 2.40. The van der Waals surface area contributed by atoms with Gasteiger partial charge in [-0.05, 0) is 28.3 Å². The van der Waals surface area contributed by atoms with E-state index >= 15 is 0 Å². The van der Waals surface area contributed by atoms with Crippen molar-refractivity contribution < 1.29 is 32.4 Å². The predicted molar refractivity (Wildman–Crippen MR) is 192 cm³/mol. The Balaban J connectivity index is 1.40. The van der Waals surface area contributed by atoms with Crippen LogP contribution in [-0.4, -0.2) is 39.8 Å². The van der Waals surface area contributed by atoms with E-state index in [1.807, 2.05) is 121 Å². The molecule has 0 spiro atoms.